The third-order valence-electron chi connectivity index (χ3n) is 3.78. The molecule has 0 aromatic heterocycles. The van der Waals surface area contributed by atoms with Gasteiger partial charge in [0.15, 0.2) is 0 Å². The summed E-state index contributed by atoms with van der Waals surface area (Å²) in [5.74, 6) is 0.473. The van der Waals surface area contributed by atoms with Crippen molar-refractivity contribution in [2.24, 2.45) is 5.92 Å². The Balaban J connectivity index is 2.30. The van der Waals surface area contributed by atoms with Gasteiger partial charge in [0, 0.05) is 19.1 Å². The van der Waals surface area contributed by atoms with Crippen molar-refractivity contribution in [3.8, 4) is 0 Å². The Labute approximate surface area is 135 Å². The third-order valence-corrected chi connectivity index (χ3v) is 3.78. The van der Waals surface area contributed by atoms with Crippen molar-refractivity contribution < 1.29 is 14.3 Å². The van der Waals surface area contributed by atoms with Gasteiger partial charge in [0.2, 0.25) is 0 Å². The van der Waals surface area contributed by atoms with E-state index in [9.17, 15) is 4.79 Å². The van der Waals surface area contributed by atoms with E-state index in [1.165, 1.54) is 19.3 Å². The van der Waals surface area contributed by atoms with Crippen LogP contribution in [0.3, 0.4) is 0 Å². The van der Waals surface area contributed by atoms with Crippen LogP contribution in [0.25, 0.3) is 0 Å². The monoisotopic (exact) mass is 314 g/mol. The second kappa shape index (κ2) is 9.36. The SMILES string of the molecule is CC(C)OCCNC1CCCCC1CNC(=O)OC(C)(C)C. The predicted octanol–water partition coefficient (Wildman–Crippen LogP) is 3.08. The lowest BCUT2D eigenvalue weighted by molar-refractivity contribution is 0.0506. The molecule has 22 heavy (non-hydrogen) atoms. The molecule has 1 saturated carbocycles. The summed E-state index contributed by atoms with van der Waals surface area (Å²) in [6, 6.07) is 0.458. The van der Waals surface area contributed by atoms with Crippen molar-refractivity contribution in [1.82, 2.24) is 10.6 Å². The predicted molar refractivity (Wildman–Crippen MR) is 89.1 cm³/mol. The molecule has 0 heterocycles. The van der Waals surface area contributed by atoms with Gasteiger partial charge in [-0.3, -0.25) is 0 Å². The Morgan fingerprint density at radius 2 is 1.91 bits per heavy atom. The fraction of sp³-hybridized carbons (Fsp3) is 0.941. The van der Waals surface area contributed by atoms with Gasteiger partial charge >= 0.3 is 6.09 Å². The second-order valence-electron chi connectivity index (χ2n) is 7.41. The minimum Gasteiger partial charge on any atom is -0.444 e. The van der Waals surface area contributed by atoms with Gasteiger partial charge in [-0.1, -0.05) is 12.8 Å². The topological polar surface area (TPSA) is 59.6 Å². The number of carbonyl (C=O) groups is 1. The lowest BCUT2D eigenvalue weighted by Crippen LogP contribution is -2.46. The van der Waals surface area contributed by atoms with Crippen LogP contribution in [0.15, 0.2) is 0 Å². The van der Waals surface area contributed by atoms with Crippen LogP contribution in [0.5, 0.6) is 0 Å². The van der Waals surface area contributed by atoms with Crippen LogP contribution in [0, 0.1) is 5.92 Å². The highest BCUT2D eigenvalue weighted by atomic mass is 16.6. The van der Waals surface area contributed by atoms with E-state index in [0.29, 0.717) is 18.5 Å². The smallest absolute Gasteiger partial charge is 0.407 e. The lowest BCUT2D eigenvalue weighted by Gasteiger charge is -2.33. The normalized spacial score (nSPS) is 22.6. The number of carbonyl (C=O) groups excluding carboxylic acids is 1. The van der Waals surface area contributed by atoms with Gasteiger partial charge in [-0.15, -0.1) is 0 Å². The van der Waals surface area contributed by atoms with Gasteiger partial charge in [-0.2, -0.15) is 0 Å². The molecule has 1 aliphatic rings. The molecule has 1 fully saturated rings. The molecule has 0 aromatic carbocycles. The van der Waals surface area contributed by atoms with E-state index in [1.54, 1.807) is 0 Å². The number of nitrogens with one attached hydrogen (secondary N) is 2. The molecule has 0 bridgehead atoms. The highest BCUT2D eigenvalue weighted by molar-refractivity contribution is 5.67. The Hall–Kier alpha value is -0.810. The molecular formula is C17H34N2O3. The van der Waals surface area contributed by atoms with E-state index < -0.39 is 5.60 Å². The maximum atomic E-state index is 11.8. The molecule has 1 aliphatic carbocycles. The van der Waals surface area contributed by atoms with E-state index in [2.05, 4.69) is 10.6 Å². The highest BCUT2D eigenvalue weighted by Crippen LogP contribution is 2.24. The number of hydrogen-bond donors (Lipinski definition) is 2. The highest BCUT2D eigenvalue weighted by Gasteiger charge is 2.25. The molecule has 1 amide bonds. The standard InChI is InChI=1S/C17H34N2O3/c1-13(2)21-11-10-18-15-9-7-6-8-14(15)12-19-16(20)22-17(3,4)5/h13-15,18H,6-12H2,1-5H3,(H,19,20). The Kier molecular flexibility index (Phi) is 8.18. The van der Waals surface area contributed by atoms with Crippen molar-refractivity contribution in [2.45, 2.75) is 78.0 Å². The average Bonchev–Trinajstić information content (AvgIpc) is 2.40. The van der Waals surface area contributed by atoms with Crippen molar-refractivity contribution in [3.63, 3.8) is 0 Å². The van der Waals surface area contributed by atoms with Crippen LogP contribution in [0.4, 0.5) is 4.79 Å². The van der Waals surface area contributed by atoms with E-state index in [4.69, 9.17) is 9.47 Å². The quantitative estimate of drug-likeness (QED) is 0.709. The summed E-state index contributed by atoms with van der Waals surface area (Å²) in [6.07, 6.45) is 4.77. The van der Waals surface area contributed by atoms with Gasteiger partial charge in [0.25, 0.3) is 0 Å². The first-order chi connectivity index (χ1) is 10.3. The van der Waals surface area contributed by atoms with Gasteiger partial charge < -0.3 is 20.1 Å². The van der Waals surface area contributed by atoms with Gasteiger partial charge in [-0.05, 0) is 53.4 Å². The van der Waals surface area contributed by atoms with Gasteiger partial charge in [0.05, 0.1) is 12.7 Å². The van der Waals surface area contributed by atoms with E-state index >= 15 is 0 Å². The van der Waals surface area contributed by atoms with Crippen LogP contribution in [-0.2, 0) is 9.47 Å². The molecule has 0 aromatic rings. The minimum absolute atomic E-state index is 0.276. The molecule has 130 valence electrons. The molecule has 2 N–H and O–H groups in total. The zero-order chi connectivity index (χ0) is 16.6. The molecule has 0 spiro atoms. The Morgan fingerprint density at radius 1 is 1.23 bits per heavy atom. The van der Waals surface area contributed by atoms with Crippen molar-refractivity contribution >= 4 is 6.09 Å². The minimum atomic E-state index is -0.442. The van der Waals surface area contributed by atoms with Crippen LogP contribution < -0.4 is 10.6 Å². The van der Waals surface area contributed by atoms with Crippen LogP contribution in [-0.4, -0.2) is 43.5 Å². The van der Waals surface area contributed by atoms with Gasteiger partial charge in [-0.25, -0.2) is 4.79 Å². The molecule has 2 atom stereocenters. The summed E-state index contributed by atoms with van der Waals surface area (Å²) in [6.45, 7) is 12.0. The number of alkyl carbamates (subject to hydrolysis) is 1. The zero-order valence-electron chi connectivity index (χ0n) is 14.9. The molecule has 0 aliphatic heterocycles. The first kappa shape index (κ1) is 19.2. The summed E-state index contributed by atoms with van der Waals surface area (Å²) in [4.78, 5) is 11.8. The summed E-state index contributed by atoms with van der Waals surface area (Å²) >= 11 is 0. The Bertz CT molecular complexity index is 326. The summed E-state index contributed by atoms with van der Waals surface area (Å²) in [7, 11) is 0. The number of amides is 1. The van der Waals surface area contributed by atoms with Crippen molar-refractivity contribution in [3.05, 3.63) is 0 Å². The summed E-state index contributed by atoms with van der Waals surface area (Å²) in [5, 5.41) is 6.50. The molecule has 5 nitrogen and oxygen atoms in total. The molecule has 5 heteroatoms. The van der Waals surface area contributed by atoms with E-state index in [1.807, 2.05) is 34.6 Å². The fourth-order valence-corrected chi connectivity index (χ4v) is 2.79. The Morgan fingerprint density at radius 3 is 2.55 bits per heavy atom. The number of hydrogen-bond acceptors (Lipinski definition) is 4. The maximum Gasteiger partial charge on any atom is 0.407 e. The number of ether oxygens (including phenoxy) is 2. The average molecular weight is 314 g/mol. The fourth-order valence-electron chi connectivity index (χ4n) is 2.79. The van der Waals surface area contributed by atoms with Crippen LogP contribution in [0.1, 0.15) is 60.3 Å². The first-order valence-corrected chi connectivity index (χ1v) is 8.60. The van der Waals surface area contributed by atoms with Gasteiger partial charge in [0.1, 0.15) is 5.60 Å². The third kappa shape index (κ3) is 8.59. The maximum absolute atomic E-state index is 11.8. The van der Waals surface area contributed by atoms with E-state index in [0.717, 1.165) is 19.6 Å². The zero-order valence-corrected chi connectivity index (χ0v) is 14.9. The van der Waals surface area contributed by atoms with Crippen molar-refractivity contribution in [2.75, 3.05) is 19.7 Å². The summed E-state index contributed by atoms with van der Waals surface area (Å²) < 4.78 is 10.9. The first-order valence-electron chi connectivity index (χ1n) is 8.60. The van der Waals surface area contributed by atoms with Crippen LogP contribution >= 0.6 is 0 Å². The molecule has 1 rings (SSSR count). The molecular weight excluding hydrogens is 280 g/mol. The molecule has 2 unspecified atom stereocenters. The van der Waals surface area contributed by atoms with Crippen LogP contribution in [0.2, 0.25) is 0 Å². The summed E-state index contributed by atoms with van der Waals surface area (Å²) in [5.41, 5.74) is -0.442. The van der Waals surface area contributed by atoms with Crippen molar-refractivity contribution in [1.29, 1.82) is 0 Å². The second-order valence-corrected chi connectivity index (χ2v) is 7.41. The lowest BCUT2D eigenvalue weighted by atomic mass is 9.84. The number of rotatable bonds is 7. The molecule has 0 radical (unpaired) electrons. The largest absolute Gasteiger partial charge is 0.444 e. The molecule has 0 saturated heterocycles. The van der Waals surface area contributed by atoms with E-state index in [-0.39, 0.29) is 12.2 Å².